The van der Waals surface area contributed by atoms with Crippen LogP contribution < -0.4 is 10.5 Å². The van der Waals surface area contributed by atoms with Crippen molar-refractivity contribution < 1.29 is 8.78 Å². The molecule has 5 nitrogen and oxygen atoms in total. The molecule has 0 amide bonds. The molecule has 1 aromatic carbocycles. The lowest BCUT2D eigenvalue weighted by Crippen LogP contribution is -2.38. The minimum atomic E-state index is -0.836. The predicted molar refractivity (Wildman–Crippen MR) is 95.1 cm³/mol. The van der Waals surface area contributed by atoms with Gasteiger partial charge >= 0.3 is 0 Å². The highest BCUT2D eigenvalue weighted by atomic mass is 19.2. The van der Waals surface area contributed by atoms with Gasteiger partial charge in [0.2, 0.25) is 5.95 Å². The van der Waals surface area contributed by atoms with E-state index in [0.29, 0.717) is 37.6 Å². The van der Waals surface area contributed by atoms with E-state index in [9.17, 15) is 13.6 Å². The smallest absolute Gasteiger partial charge is 0.255 e. The van der Waals surface area contributed by atoms with E-state index in [2.05, 4.69) is 14.8 Å². The van der Waals surface area contributed by atoms with Crippen LogP contribution in [0.2, 0.25) is 0 Å². The number of rotatable bonds is 3. The molecule has 2 aromatic rings. The highest BCUT2D eigenvalue weighted by Gasteiger charge is 2.23. The second-order valence-corrected chi connectivity index (χ2v) is 7.07. The van der Waals surface area contributed by atoms with Crippen molar-refractivity contribution in [1.29, 1.82) is 0 Å². The number of aromatic amines is 1. The molecule has 3 heterocycles. The Kier molecular flexibility index (Phi) is 4.72. The number of nitrogens with zero attached hydrogens (tertiary/aromatic N) is 3. The van der Waals surface area contributed by atoms with Crippen LogP contribution in [0.5, 0.6) is 0 Å². The molecule has 26 heavy (non-hydrogen) atoms. The molecule has 138 valence electrons. The topological polar surface area (TPSA) is 52.2 Å². The van der Waals surface area contributed by atoms with Crippen molar-refractivity contribution in [3.05, 3.63) is 57.0 Å². The van der Waals surface area contributed by atoms with Gasteiger partial charge in [-0.05, 0) is 43.4 Å². The van der Waals surface area contributed by atoms with Gasteiger partial charge in [-0.15, -0.1) is 0 Å². The number of nitrogens with one attached hydrogen (secondary N) is 1. The van der Waals surface area contributed by atoms with E-state index in [1.165, 1.54) is 12.5 Å². The van der Waals surface area contributed by atoms with Crippen molar-refractivity contribution in [3.8, 4) is 0 Å². The minimum Gasteiger partial charge on any atom is -0.342 e. The molecule has 0 unspecified atom stereocenters. The summed E-state index contributed by atoms with van der Waals surface area (Å²) in [5, 5.41) is 0. The van der Waals surface area contributed by atoms with Gasteiger partial charge in [-0.2, -0.15) is 0 Å². The fourth-order valence-electron chi connectivity index (χ4n) is 3.77. The van der Waals surface area contributed by atoms with Crippen molar-refractivity contribution in [2.45, 2.75) is 38.8 Å². The fraction of sp³-hybridized carbons (Fsp3) is 0.474. The van der Waals surface area contributed by atoms with Crippen LogP contribution in [-0.2, 0) is 19.5 Å². The van der Waals surface area contributed by atoms with Crippen LogP contribution in [0.15, 0.2) is 23.0 Å². The molecule has 4 rings (SSSR count). The molecule has 0 bridgehead atoms. The number of aromatic nitrogens is 2. The van der Waals surface area contributed by atoms with E-state index in [4.69, 9.17) is 4.98 Å². The predicted octanol–water partition coefficient (Wildman–Crippen LogP) is 2.60. The van der Waals surface area contributed by atoms with Gasteiger partial charge in [0.05, 0.1) is 5.69 Å². The molecule has 1 aromatic heterocycles. The highest BCUT2D eigenvalue weighted by Crippen LogP contribution is 2.21. The van der Waals surface area contributed by atoms with Crippen molar-refractivity contribution in [2.75, 3.05) is 24.5 Å². The maximum Gasteiger partial charge on any atom is 0.255 e. The Morgan fingerprint density at radius 2 is 1.88 bits per heavy atom. The summed E-state index contributed by atoms with van der Waals surface area (Å²) in [6, 6.07) is 3.98. The zero-order chi connectivity index (χ0) is 18.1. The minimum absolute atomic E-state index is 0.0527. The van der Waals surface area contributed by atoms with E-state index < -0.39 is 11.6 Å². The Morgan fingerprint density at radius 1 is 1.08 bits per heavy atom. The van der Waals surface area contributed by atoms with E-state index in [1.807, 2.05) is 0 Å². The maximum atomic E-state index is 13.4. The summed E-state index contributed by atoms with van der Waals surface area (Å²) in [6.45, 7) is 3.57. The lowest BCUT2D eigenvalue weighted by Gasteiger charge is -2.30. The Balaban J connectivity index is 1.54. The number of piperidine rings is 1. The lowest BCUT2D eigenvalue weighted by atomic mass is 10.1. The summed E-state index contributed by atoms with van der Waals surface area (Å²) in [6.07, 6.45) is 4.06. The first kappa shape index (κ1) is 17.1. The van der Waals surface area contributed by atoms with Crippen LogP contribution in [-0.4, -0.2) is 34.5 Å². The largest absolute Gasteiger partial charge is 0.342 e. The van der Waals surface area contributed by atoms with E-state index in [1.54, 1.807) is 6.07 Å². The first-order valence-electron chi connectivity index (χ1n) is 9.13. The number of H-pyrrole nitrogens is 1. The molecule has 0 saturated carbocycles. The molecule has 1 saturated heterocycles. The van der Waals surface area contributed by atoms with Crippen molar-refractivity contribution >= 4 is 5.95 Å². The maximum absolute atomic E-state index is 13.4. The van der Waals surface area contributed by atoms with Gasteiger partial charge in [-0.3, -0.25) is 14.7 Å². The molecule has 2 aliphatic heterocycles. The van der Waals surface area contributed by atoms with Gasteiger partial charge in [0.15, 0.2) is 11.6 Å². The Morgan fingerprint density at radius 3 is 2.65 bits per heavy atom. The summed E-state index contributed by atoms with van der Waals surface area (Å²) in [7, 11) is 0. The average Bonchev–Trinajstić information content (AvgIpc) is 2.65. The third kappa shape index (κ3) is 3.49. The number of anilines is 1. The second-order valence-electron chi connectivity index (χ2n) is 7.07. The van der Waals surface area contributed by atoms with Gasteiger partial charge in [0.1, 0.15) is 0 Å². The summed E-state index contributed by atoms with van der Waals surface area (Å²) in [5.41, 5.74) is 2.20. The molecule has 0 aliphatic carbocycles. The molecule has 0 spiro atoms. The molecule has 2 aliphatic rings. The first-order chi connectivity index (χ1) is 12.6. The van der Waals surface area contributed by atoms with Gasteiger partial charge in [-0.1, -0.05) is 6.07 Å². The fourth-order valence-corrected chi connectivity index (χ4v) is 3.77. The SMILES string of the molecule is O=c1[nH]c(N2CCCCC2)nc2c1CCN(Cc1ccc(F)c(F)c1)C2. The van der Waals surface area contributed by atoms with Crippen LogP contribution >= 0.6 is 0 Å². The van der Waals surface area contributed by atoms with Gasteiger partial charge in [0.25, 0.3) is 5.56 Å². The molecular weight excluding hydrogens is 338 g/mol. The summed E-state index contributed by atoms with van der Waals surface area (Å²) in [4.78, 5) is 24.3. The molecule has 0 atom stereocenters. The molecule has 1 fully saturated rings. The number of halogens is 2. The summed E-state index contributed by atoms with van der Waals surface area (Å²) >= 11 is 0. The van der Waals surface area contributed by atoms with Crippen molar-refractivity contribution in [3.63, 3.8) is 0 Å². The van der Waals surface area contributed by atoms with Crippen LogP contribution in [0.1, 0.15) is 36.1 Å². The second kappa shape index (κ2) is 7.15. The van der Waals surface area contributed by atoms with Gasteiger partial charge in [0, 0.05) is 38.3 Å². The van der Waals surface area contributed by atoms with Crippen LogP contribution in [0.4, 0.5) is 14.7 Å². The van der Waals surface area contributed by atoms with Crippen molar-refractivity contribution in [1.82, 2.24) is 14.9 Å². The Bertz CT molecular complexity index is 861. The zero-order valence-electron chi connectivity index (χ0n) is 14.6. The molecule has 7 heteroatoms. The van der Waals surface area contributed by atoms with Crippen LogP contribution in [0.3, 0.4) is 0 Å². The van der Waals surface area contributed by atoms with Crippen LogP contribution in [0.25, 0.3) is 0 Å². The number of fused-ring (bicyclic) bond motifs is 1. The molecular formula is C19H22F2N4O. The summed E-state index contributed by atoms with van der Waals surface area (Å²) in [5.74, 6) is -1.01. The Hall–Kier alpha value is -2.28. The number of hydrogen-bond donors (Lipinski definition) is 1. The quantitative estimate of drug-likeness (QED) is 0.914. The monoisotopic (exact) mass is 360 g/mol. The average molecular weight is 360 g/mol. The number of hydrogen-bond acceptors (Lipinski definition) is 4. The standard InChI is InChI=1S/C19H22F2N4O/c20-15-5-4-13(10-16(15)21)11-24-9-6-14-17(12-24)22-19(23-18(14)26)25-7-2-1-3-8-25/h4-5,10H,1-3,6-9,11-12H2,(H,22,23,26). The zero-order valence-corrected chi connectivity index (χ0v) is 14.6. The van der Waals surface area contributed by atoms with E-state index >= 15 is 0 Å². The van der Waals surface area contributed by atoms with Gasteiger partial charge < -0.3 is 4.90 Å². The van der Waals surface area contributed by atoms with E-state index in [-0.39, 0.29) is 5.56 Å². The summed E-state index contributed by atoms with van der Waals surface area (Å²) < 4.78 is 26.5. The van der Waals surface area contributed by atoms with Crippen molar-refractivity contribution in [2.24, 2.45) is 0 Å². The molecule has 1 N–H and O–H groups in total. The third-order valence-corrected chi connectivity index (χ3v) is 5.19. The first-order valence-corrected chi connectivity index (χ1v) is 9.13. The van der Waals surface area contributed by atoms with Crippen LogP contribution in [0, 0.1) is 11.6 Å². The molecule has 0 radical (unpaired) electrons. The lowest BCUT2D eigenvalue weighted by molar-refractivity contribution is 0.240. The third-order valence-electron chi connectivity index (χ3n) is 5.19. The number of benzene rings is 1. The van der Waals surface area contributed by atoms with E-state index in [0.717, 1.165) is 43.3 Å². The van der Waals surface area contributed by atoms with Gasteiger partial charge in [-0.25, -0.2) is 13.8 Å². The Labute approximate surface area is 150 Å². The highest BCUT2D eigenvalue weighted by molar-refractivity contribution is 5.34. The normalized spacial score (nSPS) is 18.0.